The van der Waals surface area contributed by atoms with Gasteiger partial charge in [0.05, 0.1) is 24.3 Å². The largest absolute Gasteiger partial charge is 0.393 e. The number of aromatic nitrogens is 1. The molecule has 0 aliphatic heterocycles. The Morgan fingerprint density at radius 3 is 2.71 bits per heavy atom. The number of benzene rings is 1. The molecule has 0 bridgehead atoms. The Balaban J connectivity index is 1.72. The number of aliphatic hydroxyl groups is 1. The van der Waals surface area contributed by atoms with Crippen LogP contribution in [0.15, 0.2) is 42.6 Å². The molecule has 1 aromatic heterocycles. The number of carbonyl (C=O) groups excluding carboxylic acids is 1. The summed E-state index contributed by atoms with van der Waals surface area (Å²) in [6.45, 7) is 0. The van der Waals surface area contributed by atoms with Crippen LogP contribution in [0.1, 0.15) is 30.1 Å². The summed E-state index contributed by atoms with van der Waals surface area (Å²) in [5.74, 6) is -2.29. The van der Waals surface area contributed by atoms with E-state index in [2.05, 4.69) is 10.3 Å². The van der Waals surface area contributed by atoms with Gasteiger partial charge in [-0.3, -0.25) is 9.78 Å². The van der Waals surface area contributed by atoms with Crippen LogP contribution in [0.25, 0.3) is 0 Å². The van der Waals surface area contributed by atoms with E-state index in [9.17, 15) is 18.7 Å². The third kappa shape index (κ3) is 3.59. The molecule has 1 aliphatic carbocycles. The Kier molecular flexibility index (Phi) is 4.85. The molecule has 126 valence electrons. The fourth-order valence-electron chi connectivity index (χ4n) is 2.98. The van der Waals surface area contributed by atoms with Crippen LogP contribution in [-0.2, 0) is 11.2 Å². The minimum atomic E-state index is -0.999. The molecule has 1 fully saturated rings. The Hall–Kier alpha value is -2.34. The summed E-state index contributed by atoms with van der Waals surface area (Å²) in [6, 6.07) is 8.84. The van der Waals surface area contributed by atoms with Crippen molar-refractivity contribution in [1.82, 2.24) is 10.3 Å². The molecule has 1 saturated carbocycles. The zero-order chi connectivity index (χ0) is 17.1. The second kappa shape index (κ2) is 7.05. The Labute approximate surface area is 138 Å². The first-order chi connectivity index (χ1) is 11.5. The molecule has 1 aromatic carbocycles. The molecule has 1 heterocycles. The van der Waals surface area contributed by atoms with Gasteiger partial charge in [-0.2, -0.15) is 0 Å². The maximum Gasteiger partial charge on any atom is 0.225 e. The molecule has 1 aliphatic rings. The van der Waals surface area contributed by atoms with Gasteiger partial charge in [0, 0.05) is 11.8 Å². The zero-order valence-corrected chi connectivity index (χ0v) is 13.0. The number of nitrogens with zero attached hydrogens (tertiary/aromatic N) is 1. The lowest BCUT2D eigenvalue weighted by atomic mass is 9.76. The average molecular weight is 332 g/mol. The number of hydrogen-bond donors (Lipinski definition) is 2. The van der Waals surface area contributed by atoms with Crippen LogP contribution in [0.3, 0.4) is 0 Å². The van der Waals surface area contributed by atoms with Crippen LogP contribution in [0.5, 0.6) is 0 Å². The van der Waals surface area contributed by atoms with E-state index < -0.39 is 17.5 Å². The van der Waals surface area contributed by atoms with E-state index in [4.69, 9.17) is 0 Å². The Bertz CT molecular complexity index is 718. The van der Waals surface area contributed by atoms with Crippen molar-refractivity contribution >= 4 is 5.91 Å². The monoisotopic (exact) mass is 332 g/mol. The van der Waals surface area contributed by atoms with E-state index in [1.165, 1.54) is 12.1 Å². The van der Waals surface area contributed by atoms with Crippen molar-refractivity contribution in [2.45, 2.75) is 31.4 Å². The summed E-state index contributed by atoms with van der Waals surface area (Å²) in [4.78, 5) is 16.6. The molecule has 1 atom stereocenters. The first-order valence-corrected chi connectivity index (χ1v) is 7.86. The lowest BCUT2D eigenvalue weighted by Gasteiger charge is -2.37. The van der Waals surface area contributed by atoms with Crippen molar-refractivity contribution in [2.75, 3.05) is 0 Å². The van der Waals surface area contributed by atoms with Crippen LogP contribution < -0.4 is 5.32 Å². The fourth-order valence-corrected chi connectivity index (χ4v) is 2.98. The summed E-state index contributed by atoms with van der Waals surface area (Å²) >= 11 is 0. The highest BCUT2D eigenvalue weighted by Crippen LogP contribution is 2.37. The van der Waals surface area contributed by atoms with Gasteiger partial charge in [0.2, 0.25) is 5.91 Å². The van der Waals surface area contributed by atoms with E-state index >= 15 is 0 Å². The number of hydrogen-bond acceptors (Lipinski definition) is 3. The van der Waals surface area contributed by atoms with Gasteiger partial charge in [0.15, 0.2) is 11.6 Å². The van der Waals surface area contributed by atoms with E-state index in [1.54, 1.807) is 18.3 Å². The summed E-state index contributed by atoms with van der Waals surface area (Å²) in [5.41, 5.74) is 0.711. The van der Waals surface area contributed by atoms with Crippen molar-refractivity contribution in [1.29, 1.82) is 0 Å². The molecule has 3 rings (SSSR count). The van der Waals surface area contributed by atoms with Gasteiger partial charge in [-0.05, 0) is 37.0 Å². The number of carbonyl (C=O) groups is 1. The van der Waals surface area contributed by atoms with E-state index in [0.717, 1.165) is 6.07 Å². The SMILES string of the molecule is O=C(Cc1cccc(F)c1F)N[C@H](c1ccccn1)C1CC(O)C1. The Morgan fingerprint density at radius 2 is 2.04 bits per heavy atom. The number of aliphatic hydroxyl groups excluding tert-OH is 1. The number of amides is 1. The zero-order valence-electron chi connectivity index (χ0n) is 13.0. The molecule has 1 amide bonds. The van der Waals surface area contributed by atoms with Gasteiger partial charge in [0.25, 0.3) is 0 Å². The molecule has 0 unspecified atom stereocenters. The predicted molar refractivity (Wildman–Crippen MR) is 83.9 cm³/mol. The molecule has 2 aromatic rings. The van der Waals surface area contributed by atoms with E-state index in [0.29, 0.717) is 18.5 Å². The first kappa shape index (κ1) is 16.5. The van der Waals surface area contributed by atoms with Crippen LogP contribution in [0.4, 0.5) is 8.78 Å². The Morgan fingerprint density at radius 1 is 1.25 bits per heavy atom. The second-order valence-electron chi connectivity index (χ2n) is 6.07. The predicted octanol–water partition coefficient (Wildman–Crippen LogP) is 2.53. The lowest BCUT2D eigenvalue weighted by molar-refractivity contribution is -0.122. The summed E-state index contributed by atoms with van der Waals surface area (Å²) in [7, 11) is 0. The standard InChI is InChI=1S/C18H18F2N2O2/c19-14-5-3-4-11(17(14)20)10-16(24)22-18(12-8-13(23)9-12)15-6-1-2-7-21-15/h1-7,12-13,18,23H,8-10H2,(H,22,24)/t12?,13?,18-/m0/s1. The lowest BCUT2D eigenvalue weighted by Crippen LogP contribution is -2.42. The van der Waals surface area contributed by atoms with Gasteiger partial charge in [0.1, 0.15) is 0 Å². The number of halogens is 2. The van der Waals surface area contributed by atoms with Crippen molar-refractivity contribution in [3.63, 3.8) is 0 Å². The highest BCUT2D eigenvalue weighted by molar-refractivity contribution is 5.79. The smallest absolute Gasteiger partial charge is 0.225 e. The first-order valence-electron chi connectivity index (χ1n) is 7.86. The third-order valence-corrected chi connectivity index (χ3v) is 4.33. The number of pyridine rings is 1. The van der Waals surface area contributed by atoms with E-state index in [-0.39, 0.29) is 30.0 Å². The fraction of sp³-hybridized carbons (Fsp3) is 0.333. The minimum Gasteiger partial charge on any atom is -0.393 e. The molecular formula is C18H18F2N2O2. The van der Waals surface area contributed by atoms with Crippen molar-refractivity contribution in [3.8, 4) is 0 Å². The highest BCUT2D eigenvalue weighted by atomic mass is 19.2. The molecule has 0 radical (unpaired) electrons. The van der Waals surface area contributed by atoms with Gasteiger partial charge in [-0.15, -0.1) is 0 Å². The van der Waals surface area contributed by atoms with Crippen LogP contribution in [-0.4, -0.2) is 22.1 Å². The summed E-state index contributed by atoms with van der Waals surface area (Å²) < 4.78 is 27.0. The van der Waals surface area contributed by atoms with Gasteiger partial charge in [-0.25, -0.2) is 8.78 Å². The van der Waals surface area contributed by atoms with Crippen LogP contribution >= 0.6 is 0 Å². The molecule has 0 saturated heterocycles. The van der Waals surface area contributed by atoms with Crippen molar-refractivity contribution < 1.29 is 18.7 Å². The molecule has 6 heteroatoms. The summed E-state index contributed by atoms with van der Waals surface area (Å²) in [5, 5.41) is 12.4. The molecule has 0 spiro atoms. The maximum absolute atomic E-state index is 13.7. The third-order valence-electron chi connectivity index (χ3n) is 4.33. The molecular weight excluding hydrogens is 314 g/mol. The van der Waals surface area contributed by atoms with Crippen molar-refractivity contribution in [2.24, 2.45) is 5.92 Å². The number of nitrogens with one attached hydrogen (secondary N) is 1. The summed E-state index contributed by atoms with van der Waals surface area (Å²) in [6.07, 6.45) is 2.18. The second-order valence-corrected chi connectivity index (χ2v) is 6.07. The molecule has 24 heavy (non-hydrogen) atoms. The van der Waals surface area contributed by atoms with Gasteiger partial charge >= 0.3 is 0 Å². The average Bonchev–Trinajstić information content (AvgIpc) is 2.55. The molecule has 2 N–H and O–H groups in total. The van der Waals surface area contributed by atoms with Crippen LogP contribution in [0.2, 0.25) is 0 Å². The van der Waals surface area contributed by atoms with Crippen molar-refractivity contribution in [3.05, 3.63) is 65.5 Å². The number of rotatable bonds is 5. The normalized spacial score (nSPS) is 21.0. The topological polar surface area (TPSA) is 62.2 Å². The van der Waals surface area contributed by atoms with Gasteiger partial charge in [-0.1, -0.05) is 18.2 Å². The maximum atomic E-state index is 13.7. The van der Waals surface area contributed by atoms with Crippen LogP contribution in [0, 0.1) is 17.6 Å². The van der Waals surface area contributed by atoms with Gasteiger partial charge < -0.3 is 10.4 Å². The minimum absolute atomic E-state index is 0.0147. The molecule has 4 nitrogen and oxygen atoms in total. The highest BCUT2D eigenvalue weighted by Gasteiger charge is 2.36. The quantitative estimate of drug-likeness (QED) is 0.884. The van der Waals surface area contributed by atoms with E-state index in [1.807, 2.05) is 6.07 Å².